The largest absolute Gasteiger partial charge is 0.481 e. The van der Waals surface area contributed by atoms with Gasteiger partial charge >= 0.3 is 17.9 Å². The summed E-state index contributed by atoms with van der Waals surface area (Å²) in [7, 11) is 0. The zero-order valence-corrected chi connectivity index (χ0v) is 17.1. The zero-order valence-electron chi connectivity index (χ0n) is 17.1. The number of carbonyl (C=O) groups is 3. The Balaban J connectivity index is 6.28. The van der Waals surface area contributed by atoms with Crippen molar-refractivity contribution in [3.8, 4) is 0 Å². The quantitative estimate of drug-likeness (QED) is 0.247. The van der Waals surface area contributed by atoms with Crippen molar-refractivity contribution in [1.29, 1.82) is 0 Å². The van der Waals surface area contributed by atoms with E-state index in [0.29, 0.717) is 19.3 Å². The van der Waals surface area contributed by atoms with E-state index in [0.717, 1.165) is 38.5 Å². The van der Waals surface area contributed by atoms with Crippen molar-refractivity contribution in [3.63, 3.8) is 0 Å². The number of rotatable bonds is 16. The average Bonchev–Trinajstić information content (AvgIpc) is 2.59. The van der Waals surface area contributed by atoms with Crippen LogP contribution in [0.15, 0.2) is 11.1 Å². The van der Waals surface area contributed by atoms with E-state index < -0.39 is 28.9 Å². The van der Waals surface area contributed by atoms with Gasteiger partial charge in [-0.2, -0.15) is 0 Å². The highest BCUT2D eigenvalue weighted by Crippen LogP contribution is 2.42. The van der Waals surface area contributed by atoms with Gasteiger partial charge in [0.1, 0.15) is 5.41 Å². The van der Waals surface area contributed by atoms with Crippen LogP contribution in [0.3, 0.4) is 0 Å². The molecule has 0 saturated heterocycles. The molecule has 3 N–H and O–H groups in total. The van der Waals surface area contributed by atoms with E-state index >= 15 is 0 Å². The van der Waals surface area contributed by atoms with Crippen molar-refractivity contribution in [2.24, 2.45) is 5.41 Å². The van der Waals surface area contributed by atoms with Gasteiger partial charge in [0.25, 0.3) is 0 Å². The lowest BCUT2D eigenvalue weighted by atomic mass is 9.69. The normalized spacial score (nSPS) is 12.6. The zero-order chi connectivity index (χ0) is 20.9. The molecular formula is C21H36O6. The first-order valence-electron chi connectivity index (χ1n) is 10.2. The van der Waals surface area contributed by atoms with Gasteiger partial charge in [0.05, 0.1) is 5.57 Å². The van der Waals surface area contributed by atoms with Crippen molar-refractivity contribution in [2.45, 2.75) is 97.8 Å². The third-order valence-electron chi connectivity index (χ3n) is 5.11. The summed E-state index contributed by atoms with van der Waals surface area (Å²) >= 11 is 0. The Hall–Kier alpha value is -1.85. The molecule has 6 heteroatoms. The first-order valence-corrected chi connectivity index (χ1v) is 10.2. The van der Waals surface area contributed by atoms with Gasteiger partial charge in [-0.05, 0) is 25.7 Å². The molecule has 0 bridgehead atoms. The Labute approximate surface area is 162 Å². The second-order valence-electron chi connectivity index (χ2n) is 7.22. The highest BCUT2D eigenvalue weighted by molar-refractivity contribution is 6.04. The summed E-state index contributed by atoms with van der Waals surface area (Å²) in [6.45, 7) is 5.95. The van der Waals surface area contributed by atoms with Gasteiger partial charge in [-0.15, -0.1) is 0 Å². The third kappa shape index (κ3) is 7.73. The van der Waals surface area contributed by atoms with Crippen molar-refractivity contribution in [3.05, 3.63) is 11.1 Å². The molecule has 6 nitrogen and oxygen atoms in total. The van der Waals surface area contributed by atoms with Gasteiger partial charge < -0.3 is 15.3 Å². The fourth-order valence-corrected chi connectivity index (χ4v) is 3.56. The highest BCUT2D eigenvalue weighted by Gasteiger charge is 2.46. The second-order valence-corrected chi connectivity index (χ2v) is 7.22. The maximum Gasteiger partial charge on any atom is 0.333 e. The van der Waals surface area contributed by atoms with E-state index in [1.807, 2.05) is 20.8 Å². The van der Waals surface area contributed by atoms with E-state index in [2.05, 4.69) is 0 Å². The maximum atomic E-state index is 12.3. The lowest BCUT2D eigenvalue weighted by Crippen LogP contribution is -2.38. The minimum absolute atomic E-state index is 0.0847. The number of unbranched alkanes of at least 4 members (excludes halogenated alkanes) is 6. The van der Waals surface area contributed by atoms with Crippen LogP contribution in [0.25, 0.3) is 0 Å². The Morgan fingerprint density at radius 3 is 1.44 bits per heavy atom. The van der Waals surface area contributed by atoms with Gasteiger partial charge in [-0.25, -0.2) is 9.59 Å². The van der Waals surface area contributed by atoms with Gasteiger partial charge in [-0.1, -0.05) is 72.1 Å². The molecular weight excluding hydrogens is 348 g/mol. The first kappa shape index (κ1) is 25.1. The maximum absolute atomic E-state index is 12.3. The van der Waals surface area contributed by atoms with Crippen LogP contribution >= 0.6 is 0 Å². The third-order valence-corrected chi connectivity index (χ3v) is 5.11. The Morgan fingerprint density at radius 2 is 1.11 bits per heavy atom. The molecule has 0 fully saturated rings. The minimum atomic E-state index is -1.64. The molecule has 0 aromatic heterocycles. The van der Waals surface area contributed by atoms with Crippen molar-refractivity contribution >= 4 is 17.9 Å². The molecule has 0 unspecified atom stereocenters. The van der Waals surface area contributed by atoms with E-state index in [1.54, 1.807) is 0 Å². The summed E-state index contributed by atoms with van der Waals surface area (Å²) in [5.41, 5.74) is -2.30. The SMILES string of the molecule is CCCCCC(C(=O)O)=C(C(=O)O)C(CCCCC)(CCCCC)C(=O)O. The summed E-state index contributed by atoms with van der Waals surface area (Å²) in [5, 5.41) is 29.6. The molecule has 0 aliphatic carbocycles. The number of aliphatic carboxylic acids is 3. The van der Waals surface area contributed by atoms with Crippen LogP contribution in [0, 0.1) is 5.41 Å². The lowest BCUT2D eigenvalue weighted by molar-refractivity contribution is -0.151. The molecule has 0 heterocycles. The second kappa shape index (κ2) is 13.3. The van der Waals surface area contributed by atoms with Gasteiger partial charge in [0.2, 0.25) is 0 Å². The molecule has 0 saturated carbocycles. The fraction of sp³-hybridized carbons (Fsp3) is 0.762. The molecule has 27 heavy (non-hydrogen) atoms. The van der Waals surface area contributed by atoms with Crippen LogP contribution in [-0.4, -0.2) is 33.2 Å². The van der Waals surface area contributed by atoms with Gasteiger partial charge in [0, 0.05) is 5.57 Å². The molecule has 0 aromatic carbocycles. The van der Waals surface area contributed by atoms with Crippen LogP contribution in [-0.2, 0) is 14.4 Å². The average molecular weight is 385 g/mol. The summed E-state index contributed by atoms with van der Waals surface area (Å²) in [4.78, 5) is 36.3. The highest BCUT2D eigenvalue weighted by atomic mass is 16.4. The molecule has 156 valence electrons. The van der Waals surface area contributed by atoms with Crippen molar-refractivity contribution in [1.82, 2.24) is 0 Å². The number of hydrogen-bond acceptors (Lipinski definition) is 3. The molecule has 0 aliphatic rings. The topological polar surface area (TPSA) is 112 Å². The first-order chi connectivity index (χ1) is 12.8. The number of carboxylic acid groups (broad SMARTS) is 3. The smallest absolute Gasteiger partial charge is 0.333 e. The van der Waals surface area contributed by atoms with Gasteiger partial charge in [0.15, 0.2) is 0 Å². The predicted octanol–water partition coefficient (Wildman–Crippen LogP) is 5.26. The van der Waals surface area contributed by atoms with Crippen LogP contribution in [0.5, 0.6) is 0 Å². The molecule has 0 aromatic rings. The number of hydrogen-bond donors (Lipinski definition) is 3. The summed E-state index contributed by atoms with van der Waals surface area (Å²) in [6.07, 6.45) is 7.02. The molecule has 0 rings (SSSR count). The van der Waals surface area contributed by atoms with Crippen LogP contribution in [0.4, 0.5) is 0 Å². The molecule has 0 spiro atoms. The molecule has 0 radical (unpaired) electrons. The standard InChI is InChI=1S/C21H36O6/c1-4-7-10-13-16(18(22)23)17(19(24)25)21(20(26)27,14-11-8-5-2)15-12-9-6-3/h4-15H2,1-3H3,(H,22,23)(H,24,25)(H,26,27). The van der Waals surface area contributed by atoms with Crippen LogP contribution in [0.2, 0.25) is 0 Å². The van der Waals surface area contributed by atoms with Crippen molar-refractivity contribution in [2.75, 3.05) is 0 Å². The Kier molecular flexibility index (Phi) is 12.4. The number of carboxylic acids is 3. The van der Waals surface area contributed by atoms with Crippen molar-refractivity contribution < 1.29 is 29.7 Å². The van der Waals surface area contributed by atoms with E-state index in [9.17, 15) is 29.7 Å². The monoisotopic (exact) mass is 384 g/mol. The van der Waals surface area contributed by atoms with Crippen LogP contribution < -0.4 is 0 Å². The lowest BCUT2D eigenvalue weighted by Gasteiger charge is -2.32. The minimum Gasteiger partial charge on any atom is -0.481 e. The molecule has 0 amide bonds. The van der Waals surface area contributed by atoms with E-state index in [1.165, 1.54) is 0 Å². The molecule has 0 aliphatic heterocycles. The van der Waals surface area contributed by atoms with E-state index in [-0.39, 0.29) is 24.8 Å². The Bertz CT molecular complexity index is 511. The summed E-state index contributed by atoms with van der Waals surface area (Å²) in [6, 6.07) is 0. The molecule has 0 atom stereocenters. The van der Waals surface area contributed by atoms with Gasteiger partial charge in [-0.3, -0.25) is 4.79 Å². The predicted molar refractivity (Wildman–Crippen MR) is 105 cm³/mol. The fourth-order valence-electron chi connectivity index (χ4n) is 3.56. The summed E-state index contributed by atoms with van der Waals surface area (Å²) < 4.78 is 0. The Morgan fingerprint density at radius 1 is 0.667 bits per heavy atom. The summed E-state index contributed by atoms with van der Waals surface area (Å²) in [5.74, 6) is -3.96. The van der Waals surface area contributed by atoms with E-state index in [4.69, 9.17) is 0 Å². The van der Waals surface area contributed by atoms with Crippen LogP contribution in [0.1, 0.15) is 97.8 Å².